The molecular weight excluding hydrogens is 198 g/mol. The molecule has 0 aliphatic rings. The number of pyridine rings is 1. The van der Waals surface area contributed by atoms with Crippen LogP contribution in [-0.4, -0.2) is 4.98 Å². The molecule has 2 nitrogen and oxygen atoms in total. The number of nitrogens with two attached hydrogens (primary N) is 1. The van der Waals surface area contributed by atoms with Gasteiger partial charge in [0.1, 0.15) is 0 Å². The SMILES string of the molecule is Cc1ncc(C(F)F)c(CN)c1Cl. The highest BCUT2D eigenvalue weighted by Gasteiger charge is 2.16. The van der Waals surface area contributed by atoms with E-state index in [1.807, 2.05) is 0 Å². The van der Waals surface area contributed by atoms with Gasteiger partial charge in [0.25, 0.3) is 6.43 Å². The van der Waals surface area contributed by atoms with E-state index in [4.69, 9.17) is 17.3 Å². The average molecular weight is 207 g/mol. The van der Waals surface area contributed by atoms with Crippen LogP contribution in [0, 0.1) is 6.92 Å². The minimum atomic E-state index is -2.58. The van der Waals surface area contributed by atoms with E-state index in [2.05, 4.69) is 4.98 Å². The lowest BCUT2D eigenvalue weighted by molar-refractivity contribution is 0.150. The zero-order chi connectivity index (χ0) is 10.0. The van der Waals surface area contributed by atoms with Gasteiger partial charge in [0.15, 0.2) is 0 Å². The Kier molecular flexibility index (Phi) is 3.17. The molecule has 0 radical (unpaired) electrons. The molecule has 1 aromatic heterocycles. The molecule has 1 rings (SSSR count). The first-order chi connectivity index (χ1) is 6.07. The number of alkyl halides is 2. The third-order valence-electron chi connectivity index (χ3n) is 1.77. The molecule has 0 saturated carbocycles. The van der Waals surface area contributed by atoms with Gasteiger partial charge < -0.3 is 5.73 Å². The van der Waals surface area contributed by atoms with Crippen molar-refractivity contribution in [2.24, 2.45) is 5.73 Å². The lowest BCUT2D eigenvalue weighted by Gasteiger charge is -2.09. The Hall–Kier alpha value is -0.740. The number of nitrogens with zero attached hydrogens (tertiary/aromatic N) is 1. The molecule has 1 heterocycles. The van der Waals surface area contributed by atoms with E-state index in [0.29, 0.717) is 5.69 Å². The van der Waals surface area contributed by atoms with Gasteiger partial charge in [-0.2, -0.15) is 0 Å². The van der Waals surface area contributed by atoms with Crippen LogP contribution in [0.3, 0.4) is 0 Å². The maximum absolute atomic E-state index is 12.4. The van der Waals surface area contributed by atoms with E-state index in [-0.39, 0.29) is 22.7 Å². The van der Waals surface area contributed by atoms with Crippen molar-refractivity contribution in [1.82, 2.24) is 4.98 Å². The van der Waals surface area contributed by atoms with Gasteiger partial charge in [-0.3, -0.25) is 4.98 Å². The smallest absolute Gasteiger partial charge is 0.265 e. The van der Waals surface area contributed by atoms with E-state index in [9.17, 15) is 8.78 Å². The van der Waals surface area contributed by atoms with E-state index in [1.165, 1.54) is 0 Å². The predicted octanol–water partition coefficient (Wildman–Crippen LogP) is 2.44. The molecule has 2 N–H and O–H groups in total. The van der Waals surface area contributed by atoms with Crippen molar-refractivity contribution < 1.29 is 8.78 Å². The fourth-order valence-electron chi connectivity index (χ4n) is 1.04. The maximum Gasteiger partial charge on any atom is 0.265 e. The Morgan fingerprint density at radius 3 is 2.69 bits per heavy atom. The molecule has 0 saturated heterocycles. The van der Waals surface area contributed by atoms with Crippen LogP contribution in [0.25, 0.3) is 0 Å². The van der Waals surface area contributed by atoms with Crippen molar-refractivity contribution in [3.63, 3.8) is 0 Å². The number of aryl methyl sites for hydroxylation is 1. The minimum Gasteiger partial charge on any atom is -0.326 e. The van der Waals surface area contributed by atoms with Crippen molar-refractivity contribution in [2.75, 3.05) is 0 Å². The molecule has 0 aliphatic carbocycles. The second-order valence-corrected chi connectivity index (χ2v) is 2.97. The maximum atomic E-state index is 12.4. The van der Waals surface area contributed by atoms with Gasteiger partial charge in [-0.05, 0) is 12.5 Å². The van der Waals surface area contributed by atoms with E-state index >= 15 is 0 Å². The summed E-state index contributed by atoms with van der Waals surface area (Å²) in [5, 5.41) is 0.236. The van der Waals surface area contributed by atoms with Crippen LogP contribution in [-0.2, 0) is 6.54 Å². The molecule has 72 valence electrons. The summed E-state index contributed by atoms with van der Waals surface area (Å²) in [5.74, 6) is 0. The molecule has 0 bridgehead atoms. The first kappa shape index (κ1) is 10.3. The fraction of sp³-hybridized carbons (Fsp3) is 0.375. The zero-order valence-corrected chi connectivity index (χ0v) is 7.78. The molecule has 0 fully saturated rings. The number of aromatic nitrogens is 1. The van der Waals surface area contributed by atoms with E-state index in [1.54, 1.807) is 6.92 Å². The highest BCUT2D eigenvalue weighted by molar-refractivity contribution is 6.32. The van der Waals surface area contributed by atoms with Gasteiger partial charge in [-0.15, -0.1) is 0 Å². The summed E-state index contributed by atoms with van der Waals surface area (Å²) >= 11 is 5.77. The summed E-state index contributed by atoms with van der Waals surface area (Å²) in [5.41, 5.74) is 5.93. The van der Waals surface area contributed by atoms with Gasteiger partial charge >= 0.3 is 0 Å². The molecule has 0 aliphatic heterocycles. The normalized spacial score (nSPS) is 10.9. The van der Waals surface area contributed by atoms with E-state index < -0.39 is 6.43 Å². The van der Waals surface area contributed by atoms with Gasteiger partial charge in [-0.25, -0.2) is 8.78 Å². The molecule has 1 aromatic rings. The van der Waals surface area contributed by atoms with Crippen LogP contribution >= 0.6 is 11.6 Å². The van der Waals surface area contributed by atoms with Crippen molar-refractivity contribution in [2.45, 2.75) is 19.9 Å². The molecule has 5 heteroatoms. The summed E-state index contributed by atoms with van der Waals surface area (Å²) in [6.07, 6.45) is -1.46. The second-order valence-electron chi connectivity index (χ2n) is 2.60. The van der Waals surface area contributed by atoms with Crippen LogP contribution in [0.5, 0.6) is 0 Å². The van der Waals surface area contributed by atoms with Crippen LogP contribution in [0.2, 0.25) is 5.02 Å². The summed E-state index contributed by atoms with van der Waals surface area (Å²) in [4.78, 5) is 3.74. The lowest BCUT2D eigenvalue weighted by Crippen LogP contribution is -2.05. The highest BCUT2D eigenvalue weighted by Crippen LogP contribution is 2.28. The molecule has 13 heavy (non-hydrogen) atoms. The highest BCUT2D eigenvalue weighted by atomic mass is 35.5. The Bertz CT molecular complexity index is 315. The standard InChI is InChI=1S/C8H9ClF2N2/c1-4-7(9)5(2-12)6(3-13-4)8(10)11/h3,8H,2,12H2,1H3. The summed E-state index contributed by atoms with van der Waals surface area (Å²) in [6.45, 7) is 1.65. The fourth-order valence-corrected chi connectivity index (χ4v) is 1.28. The Morgan fingerprint density at radius 1 is 1.62 bits per heavy atom. The van der Waals surface area contributed by atoms with Crippen molar-refractivity contribution >= 4 is 11.6 Å². The predicted molar refractivity (Wildman–Crippen MR) is 46.8 cm³/mol. The minimum absolute atomic E-state index is 0.00185. The monoisotopic (exact) mass is 206 g/mol. The number of hydrogen-bond acceptors (Lipinski definition) is 2. The van der Waals surface area contributed by atoms with Crippen molar-refractivity contribution in [3.05, 3.63) is 28.0 Å². The number of halogens is 3. The molecule has 0 amide bonds. The second kappa shape index (κ2) is 3.98. The summed E-state index contributed by atoms with van der Waals surface area (Å²) in [6, 6.07) is 0. The topological polar surface area (TPSA) is 38.9 Å². The van der Waals surface area contributed by atoms with Gasteiger partial charge in [0.2, 0.25) is 0 Å². The quantitative estimate of drug-likeness (QED) is 0.807. The average Bonchev–Trinajstić information content (AvgIpc) is 2.09. The first-order valence-corrected chi connectivity index (χ1v) is 4.07. The molecular formula is C8H9ClF2N2. The summed E-state index contributed by atoms with van der Waals surface area (Å²) < 4.78 is 24.7. The number of rotatable bonds is 2. The van der Waals surface area contributed by atoms with Crippen LogP contribution in [0.4, 0.5) is 8.78 Å². The molecule has 0 atom stereocenters. The van der Waals surface area contributed by atoms with Gasteiger partial charge in [0.05, 0.1) is 10.7 Å². The third kappa shape index (κ3) is 1.95. The zero-order valence-electron chi connectivity index (χ0n) is 7.02. The Morgan fingerprint density at radius 2 is 2.23 bits per heavy atom. The van der Waals surface area contributed by atoms with E-state index in [0.717, 1.165) is 6.20 Å². The van der Waals surface area contributed by atoms with Crippen molar-refractivity contribution in [1.29, 1.82) is 0 Å². The van der Waals surface area contributed by atoms with Crippen molar-refractivity contribution in [3.8, 4) is 0 Å². The van der Waals surface area contributed by atoms with Crippen LogP contribution < -0.4 is 5.73 Å². The Balaban J connectivity index is 3.30. The van der Waals surface area contributed by atoms with Crippen LogP contribution in [0.1, 0.15) is 23.2 Å². The van der Waals surface area contributed by atoms with Gasteiger partial charge in [0, 0.05) is 18.3 Å². The molecule has 0 spiro atoms. The Labute approximate surface area is 79.7 Å². The van der Waals surface area contributed by atoms with Crippen LogP contribution in [0.15, 0.2) is 6.20 Å². The van der Waals surface area contributed by atoms with Gasteiger partial charge in [-0.1, -0.05) is 11.6 Å². The molecule has 0 aromatic carbocycles. The number of hydrogen-bond donors (Lipinski definition) is 1. The molecule has 0 unspecified atom stereocenters. The first-order valence-electron chi connectivity index (χ1n) is 3.70. The lowest BCUT2D eigenvalue weighted by atomic mass is 10.1. The largest absolute Gasteiger partial charge is 0.326 e. The third-order valence-corrected chi connectivity index (χ3v) is 2.27. The summed E-state index contributed by atoms with van der Waals surface area (Å²) in [7, 11) is 0.